The van der Waals surface area contributed by atoms with E-state index in [9.17, 15) is 0 Å². The third-order valence-corrected chi connectivity index (χ3v) is 3.58. The maximum Gasteiger partial charge on any atom is 0.161 e. The lowest BCUT2D eigenvalue weighted by molar-refractivity contribution is 0.0440. The minimum atomic E-state index is 0.183. The van der Waals surface area contributed by atoms with Gasteiger partial charge in [0.2, 0.25) is 0 Å². The first-order valence-corrected chi connectivity index (χ1v) is 6.82. The summed E-state index contributed by atoms with van der Waals surface area (Å²) in [4.78, 5) is 0. The lowest BCUT2D eigenvalue weighted by Gasteiger charge is -2.34. The fourth-order valence-electron chi connectivity index (χ4n) is 2.25. The summed E-state index contributed by atoms with van der Waals surface area (Å²) in [7, 11) is 1.66. The molecule has 1 N–H and O–H groups in total. The van der Waals surface area contributed by atoms with Crippen LogP contribution in [0.5, 0.6) is 11.5 Å². The van der Waals surface area contributed by atoms with Crippen LogP contribution in [0.15, 0.2) is 24.3 Å². The zero-order valence-electron chi connectivity index (χ0n) is 11.8. The highest BCUT2D eigenvalue weighted by molar-refractivity contribution is 5.39. The number of para-hydroxylation sites is 2. The van der Waals surface area contributed by atoms with Crippen LogP contribution in [0.25, 0.3) is 0 Å². The van der Waals surface area contributed by atoms with Crippen LogP contribution in [-0.2, 0) is 4.74 Å². The summed E-state index contributed by atoms with van der Waals surface area (Å²) in [6, 6.07) is 7.72. The first kappa shape index (κ1) is 14.2. The lowest BCUT2D eigenvalue weighted by Crippen LogP contribution is -2.48. The van der Waals surface area contributed by atoms with Gasteiger partial charge in [0.05, 0.1) is 7.11 Å². The molecular formula is C15H23NO3. The first-order valence-electron chi connectivity index (χ1n) is 6.82. The zero-order chi connectivity index (χ0) is 13.6. The molecule has 0 bridgehead atoms. The van der Waals surface area contributed by atoms with Crippen LogP contribution < -0.4 is 14.8 Å². The second-order valence-electron chi connectivity index (χ2n) is 5.10. The molecule has 106 valence electrons. The van der Waals surface area contributed by atoms with Crippen molar-refractivity contribution in [3.63, 3.8) is 0 Å². The predicted molar refractivity (Wildman–Crippen MR) is 74.9 cm³/mol. The maximum atomic E-state index is 5.75. The molecule has 0 saturated carbocycles. The highest BCUT2D eigenvalue weighted by Crippen LogP contribution is 2.25. The van der Waals surface area contributed by atoms with Crippen molar-refractivity contribution >= 4 is 0 Å². The Bertz CT molecular complexity index is 389. The molecule has 2 rings (SSSR count). The van der Waals surface area contributed by atoms with E-state index in [0.29, 0.717) is 6.61 Å². The van der Waals surface area contributed by atoms with Gasteiger partial charge in [-0.05, 0) is 31.9 Å². The molecular weight excluding hydrogens is 242 g/mol. The molecule has 0 amide bonds. The molecule has 1 aromatic rings. The average molecular weight is 265 g/mol. The van der Waals surface area contributed by atoms with E-state index in [0.717, 1.165) is 44.1 Å². The van der Waals surface area contributed by atoms with Crippen LogP contribution in [0.2, 0.25) is 0 Å². The molecule has 0 aliphatic carbocycles. The Hall–Kier alpha value is -1.26. The van der Waals surface area contributed by atoms with E-state index in [2.05, 4.69) is 12.2 Å². The van der Waals surface area contributed by atoms with Gasteiger partial charge in [-0.2, -0.15) is 0 Å². The predicted octanol–water partition coefficient (Wildman–Crippen LogP) is 2.23. The lowest BCUT2D eigenvalue weighted by atomic mass is 9.93. The summed E-state index contributed by atoms with van der Waals surface area (Å²) in [5.74, 6) is 1.57. The van der Waals surface area contributed by atoms with Gasteiger partial charge in [-0.3, -0.25) is 0 Å². The van der Waals surface area contributed by atoms with Crippen LogP contribution >= 0.6 is 0 Å². The third-order valence-electron chi connectivity index (χ3n) is 3.58. The average Bonchev–Trinajstić information content (AvgIpc) is 2.45. The van der Waals surface area contributed by atoms with Crippen LogP contribution in [0.1, 0.15) is 19.8 Å². The van der Waals surface area contributed by atoms with Crippen LogP contribution in [-0.4, -0.2) is 39.0 Å². The molecule has 19 heavy (non-hydrogen) atoms. The molecule has 4 heteroatoms. The second-order valence-corrected chi connectivity index (χ2v) is 5.10. The van der Waals surface area contributed by atoms with Crippen molar-refractivity contribution in [1.29, 1.82) is 0 Å². The Balaban J connectivity index is 1.74. The molecule has 4 nitrogen and oxygen atoms in total. The molecule has 0 aromatic heterocycles. The molecule has 1 aromatic carbocycles. The van der Waals surface area contributed by atoms with Crippen molar-refractivity contribution in [2.24, 2.45) is 0 Å². The summed E-state index contributed by atoms with van der Waals surface area (Å²) in [5, 5.41) is 3.56. The van der Waals surface area contributed by atoms with Gasteiger partial charge in [0.15, 0.2) is 11.5 Å². The van der Waals surface area contributed by atoms with Crippen molar-refractivity contribution in [2.75, 3.05) is 33.5 Å². The zero-order valence-corrected chi connectivity index (χ0v) is 11.8. The minimum Gasteiger partial charge on any atom is -0.493 e. The molecule has 1 fully saturated rings. The van der Waals surface area contributed by atoms with Crippen LogP contribution in [0.4, 0.5) is 0 Å². The van der Waals surface area contributed by atoms with Gasteiger partial charge in [-0.25, -0.2) is 0 Å². The molecule has 0 spiro atoms. The number of ether oxygens (including phenoxy) is 3. The van der Waals surface area contributed by atoms with E-state index >= 15 is 0 Å². The van der Waals surface area contributed by atoms with Crippen molar-refractivity contribution in [3.05, 3.63) is 24.3 Å². The summed E-state index contributed by atoms with van der Waals surface area (Å²) < 4.78 is 16.4. The Kier molecular flexibility index (Phi) is 5.05. The number of methoxy groups -OCH3 is 1. The molecule has 1 saturated heterocycles. The number of hydrogen-bond acceptors (Lipinski definition) is 4. The second kappa shape index (κ2) is 6.78. The van der Waals surface area contributed by atoms with Crippen molar-refractivity contribution in [2.45, 2.75) is 25.3 Å². The molecule has 0 unspecified atom stereocenters. The van der Waals surface area contributed by atoms with Gasteiger partial charge in [0, 0.05) is 25.3 Å². The highest BCUT2D eigenvalue weighted by Gasteiger charge is 2.26. The first-order chi connectivity index (χ1) is 9.23. The van der Waals surface area contributed by atoms with E-state index in [-0.39, 0.29) is 5.54 Å². The van der Waals surface area contributed by atoms with Crippen LogP contribution in [0.3, 0.4) is 0 Å². The van der Waals surface area contributed by atoms with E-state index in [1.54, 1.807) is 7.11 Å². The van der Waals surface area contributed by atoms with E-state index in [1.807, 2.05) is 24.3 Å². The van der Waals surface area contributed by atoms with Crippen molar-refractivity contribution in [3.8, 4) is 11.5 Å². The maximum absolute atomic E-state index is 5.75. The van der Waals surface area contributed by atoms with Gasteiger partial charge in [0.1, 0.15) is 6.61 Å². The van der Waals surface area contributed by atoms with Crippen molar-refractivity contribution < 1.29 is 14.2 Å². The summed E-state index contributed by atoms with van der Waals surface area (Å²) in [6.45, 7) is 5.40. The monoisotopic (exact) mass is 265 g/mol. The fraction of sp³-hybridized carbons (Fsp3) is 0.600. The van der Waals surface area contributed by atoms with Crippen LogP contribution in [0, 0.1) is 0 Å². The molecule has 1 aliphatic heterocycles. The molecule has 1 heterocycles. The molecule has 0 radical (unpaired) electrons. The number of nitrogens with one attached hydrogen (secondary N) is 1. The Morgan fingerprint density at radius 2 is 1.89 bits per heavy atom. The smallest absolute Gasteiger partial charge is 0.161 e. The fourth-order valence-corrected chi connectivity index (χ4v) is 2.25. The van der Waals surface area contributed by atoms with Gasteiger partial charge < -0.3 is 19.5 Å². The quantitative estimate of drug-likeness (QED) is 0.801. The van der Waals surface area contributed by atoms with E-state index in [4.69, 9.17) is 14.2 Å². The Labute approximate surface area is 115 Å². The molecule has 1 aliphatic rings. The summed E-state index contributed by atoms with van der Waals surface area (Å²) in [5.41, 5.74) is 0.183. The third kappa shape index (κ3) is 4.11. The number of hydrogen-bond donors (Lipinski definition) is 1. The largest absolute Gasteiger partial charge is 0.493 e. The normalized spacial score (nSPS) is 18.0. The number of benzene rings is 1. The molecule has 0 atom stereocenters. The topological polar surface area (TPSA) is 39.7 Å². The summed E-state index contributed by atoms with van der Waals surface area (Å²) >= 11 is 0. The number of rotatable bonds is 6. The SMILES string of the molecule is COc1ccccc1OCCNC1(C)CCOCC1. The van der Waals surface area contributed by atoms with Gasteiger partial charge in [-0.1, -0.05) is 12.1 Å². The van der Waals surface area contributed by atoms with Gasteiger partial charge in [0.25, 0.3) is 0 Å². The Morgan fingerprint density at radius 3 is 2.58 bits per heavy atom. The minimum absolute atomic E-state index is 0.183. The van der Waals surface area contributed by atoms with Gasteiger partial charge in [-0.15, -0.1) is 0 Å². The van der Waals surface area contributed by atoms with E-state index in [1.165, 1.54) is 0 Å². The standard InChI is InChI=1S/C15H23NO3/c1-15(7-10-18-11-8-15)16-9-12-19-14-6-4-3-5-13(14)17-2/h3-6,16H,7-12H2,1-2H3. The van der Waals surface area contributed by atoms with Gasteiger partial charge >= 0.3 is 0 Å². The van der Waals surface area contributed by atoms with Crippen molar-refractivity contribution in [1.82, 2.24) is 5.32 Å². The van der Waals surface area contributed by atoms with E-state index < -0.39 is 0 Å². The summed E-state index contributed by atoms with van der Waals surface area (Å²) in [6.07, 6.45) is 2.11. The highest BCUT2D eigenvalue weighted by atomic mass is 16.5. The Morgan fingerprint density at radius 1 is 1.21 bits per heavy atom.